The molecule has 2 aromatic rings. The Bertz CT molecular complexity index is 798. The van der Waals surface area contributed by atoms with Crippen molar-refractivity contribution in [1.82, 2.24) is 0 Å². The van der Waals surface area contributed by atoms with E-state index >= 15 is 0 Å². The summed E-state index contributed by atoms with van der Waals surface area (Å²) in [7, 11) is 0. The second-order valence-corrected chi connectivity index (χ2v) is 8.35. The highest BCUT2D eigenvalue weighted by molar-refractivity contribution is 5.87. The van der Waals surface area contributed by atoms with Gasteiger partial charge in [-0.3, -0.25) is 0 Å². The van der Waals surface area contributed by atoms with Crippen LogP contribution in [0.4, 0.5) is 0 Å². The number of unbranched alkanes of at least 4 members (excludes halogenated alkanes) is 6. The van der Waals surface area contributed by atoms with Crippen LogP contribution in [0.2, 0.25) is 0 Å². The standard InChI is InChI=1S/C28H40O4/c1-4-7-9-10-11-12-20-31-24-16-13-22(14-17-24)25-18-15-23(28(29)30)21-26(25)27(6-3)32-19-8-5-2/h13-18,21,27H,4-12,19-20H2,1-3H3,(H,29,30)/p-1. The highest BCUT2D eigenvalue weighted by Gasteiger charge is 2.17. The van der Waals surface area contributed by atoms with Crippen LogP contribution < -0.4 is 9.84 Å². The van der Waals surface area contributed by atoms with Gasteiger partial charge in [-0.05, 0) is 59.7 Å². The number of carboxylic acids is 1. The summed E-state index contributed by atoms with van der Waals surface area (Å²) in [5, 5.41) is 11.4. The molecule has 0 heterocycles. The lowest BCUT2D eigenvalue weighted by atomic mass is 9.93. The number of carbonyl (C=O) groups excluding carboxylic acids is 1. The topological polar surface area (TPSA) is 58.6 Å². The van der Waals surface area contributed by atoms with Gasteiger partial charge in [-0.15, -0.1) is 0 Å². The van der Waals surface area contributed by atoms with Gasteiger partial charge in [-0.25, -0.2) is 0 Å². The van der Waals surface area contributed by atoms with Crippen molar-refractivity contribution < 1.29 is 19.4 Å². The number of hydrogen-bond acceptors (Lipinski definition) is 4. The molecule has 1 unspecified atom stereocenters. The molecule has 0 N–H and O–H groups in total. The number of rotatable bonds is 16. The molecule has 0 radical (unpaired) electrons. The van der Waals surface area contributed by atoms with Crippen LogP contribution >= 0.6 is 0 Å². The summed E-state index contributed by atoms with van der Waals surface area (Å²) in [5.41, 5.74) is 3.08. The first-order valence-electron chi connectivity index (χ1n) is 12.3. The molecular formula is C28H39O4-. The first kappa shape index (κ1) is 25.9. The molecule has 0 amide bonds. The predicted molar refractivity (Wildman–Crippen MR) is 129 cm³/mol. The Kier molecular flexibility index (Phi) is 11.9. The van der Waals surface area contributed by atoms with Crippen LogP contribution in [-0.4, -0.2) is 19.2 Å². The Morgan fingerprint density at radius 1 is 0.844 bits per heavy atom. The molecule has 0 aliphatic carbocycles. The second kappa shape index (κ2) is 14.7. The fourth-order valence-corrected chi connectivity index (χ4v) is 3.82. The van der Waals surface area contributed by atoms with E-state index in [1.807, 2.05) is 30.3 Å². The van der Waals surface area contributed by atoms with Crippen molar-refractivity contribution in [1.29, 1.82) is 0 Å². The number of hydrogen-bond donors (Lipinski definition) is 0. The summed E-state index contributed by atoms with van der Waals surface area (Å²) in [4.78, 5) is 11.4. The van der Waals surface area contributed by atoms with Crippen molar-refractivity contribution in [2.45, 2.75) is 84.7 Å². The van der Waals surface area contributed by atoms with Crippen molar-refractivity contribution in [3.63, 3.8) is 0 Å². The zero-order valence-electron chi connectivity index (χ0n) is 20.0. The van der Waals surface area contributed by atoms with Gasteiger partial charge >= 0.3 is 0 Å². The molecule has 0 saturated heterocycles. The smallest absolute Gasteiger partial charge is 0.119 e. The molecule has 1 atom stereocenters. The van der Waals surface area contributed by atoms with Gasteiger partial charge in [0.15, 0.2) is 0 Å². The van der Waals surface area contributed by atoms with Gasteiger partial charge < -0.3 is 19.4 Å². The van der Waals surface area contributed by atoms with Crippen LogP contribution in [0.3, 0.4) is 0 Å². The number of benzene rings is 2. The van der Waals surface area contributed by atoms with Gasteiger partial charge in [0.25, 0.3) is 0 Å². The lowest BCUT2D eigenvalue weighted by Gasteiger charge is -2.21. The van der Waals surface area contributed by atoms with E-state index in [1.165, 1.54) is 32.1 Å². The van der Waals surface area contributed by atoms with Crippen molar-refractivity contribution in [3.8, 4) is 16.9 Å². The van der Waals surface area contributed by atoms with Crippen LogP contribution in [0.25, 0.3) is 11.1 Å². The normalized spacial score (nSPS) is 12.0. The van der Waals surface area contributed by atoms with Gasteiger partial charge in [0.05, 0.1) is 18.7 Å². The maximum atomic E-state index is 11.4. The molecule has 4 nitrogen and oxygen atoms in total. The van der Waals surface area contributed by atoms with E-state index in [4.69, 9.17) is 9.47 Å². The van der Waals surface area contributed by atoms with E-state index in [0.29, 0.717) is 6.61 Å². The van der Waals surface area contributed by atoms with Crippen LogP contribution in [-0.2, 0) is 4.74 Å². The van der Waals surface area contributed by atoms with Crippen LogP contribution in [0.1, 0.15) is 101 Å². The third kappa shape index (κ3) is 8.31. The van der Waals surface area contributed by atoms with Crippen LogP contribution in [0.5, 0.6) is 5.75 Å². The number of ether oxygens (including phenoxy) is 2. The molecule has 0 aliphatic rings. The van der Waals surface area contributed by atoms with E-state index in [-0.39, 0.29) is 11.7 Å². The quantitative estimate of drug-likeness (QED) is 0.272. The monoisotopic (exact) mass is 439 g/mol. The summed E-state index contributed by atoms with van der Waals surface area (Å²) in [6.45, 7) is 7.82. The summed E-state index contributed by atoms with van der Waals surface area (Å²) in [6.07, 6.45) is 10.1. The predicted octanol–water partition coefficient (Wildman–Crippen LogP) is 6.72. The molecule has 2 rings (SSSR count). The SMILES string of the molecule is CCCCCCCCOc1ccc(-c2ccc(C(=O)[O-])cc2C(CC)OCCCC)cc1. The van der Waals surface area contributed by atoms with Crippen molar-refractivity contribution >= 4 is 5.97 Å². The van der Waals surface area contributed by atoms with Gasteiger partial charge in [0.1, 0.15) is 5.75 Å². The molecular weight excluding hydrogens is 400 g/mol. The fraction of sp³-hybridized carbons (Fsp3) is 0.536. The number of carboxylic acid groups (broad SMARTS) is 1. The van der Waals surface area contributed by atoms with E-state index in [9.17, 15) is 9.90 Å². The maximum absolute atomic E-state index is 11.4. The van der Waals surface area contributed by atoms with Crippen molar-refractivity contribution in [2.75, 3.05) is 13.2 Å². The van der Waals surface area contributed by atoms with E-state index < -0.39 is 5.97 Å². The summed E-state index contributed by atoms with van der Waals surface area (Å²) in [5.74, 6) is -0.305. The molecule has 176 valence electrons. The Hall–Kier alpha value is -2.33. The first-order valence-corrected chi connectivity index (χ1v) is 12.3. The second-order valence-electron chi connectivity index (χ2n) is 8.35. The minimum absolute atomic E-state index is 0.153. The minimum Gasteiger partial charge on any atom is -0.545 e. The van der Waals surface area contributed by atoms with Gasteiger partial charge in [-0.2, -0.15) is 0 Å². The molecule has 0 bridgehead atoms. The lowest BCUT2D eigenvalue weighted by Crippen LogP contribution is -2.22. The highest BCUT2D eigenvalue weighted by Crippen LogP contribution is 2.34. The summed E-state index contributed by atoms with van der Waals surface area (Å²) in [6, 6.07) is 13.2. The molecule has 4 heteroatoms. The van der Waals surface area contributed by atoms with Gasteiger partial charge in [0, 0.05) is 6.61 Å². The molecule has 0 aliphatic heterocycles. The van der Waals surface area contributed by atoms with Crippen molar-refractivity contribution in [2.24, 2.45) is 0 Å². The van der Waals surface area contributed by atoms with E-state index in [0.717, 1.165) is 54.7 Å². The minimum atomic E-state index is -1.17. The Morgan fingerprint density at radius 2 is 1.53 bits per heavy atom. The van der Waals surface area contributed by atoms with Crippen LogP contribution in [0, 0.1) is 0 Å². The van der Waals surface area contributed by atoms with Crippen molar-refractivity contribution in [3.05, 3.63) is 53.6 Å². The zero-order chi connectivity index (χ0) is 23.2. The molecule has 0 saturated carbocycles. The summed E-state index contributed by atoms with van der Waals surface area (Å²) >= 11 is 0. The molecule has 0 aromatic heterocycles. The summed E-state index contributed by atoms with van der Waals surface area (Å²) < 4.78 is 12.0. The highest BCUT2D eigenvalue weighted by atomic mass is 16.5. The Balaban J connectivity index is 2.09. The van der Waals surface area contributed by atoms with E-state index in [2.05, 4.69) is 20.8 Å². The molecule has 2 aromatic carbocycles. The molecule has 0 fully saturated rings. The molecule has 0 spiro atoms. The number of carbonyl (C=O) groups is 1. The van der Waals surface area contributed by atoms with Crippen LogP contribution in [0.15, 0.2) is 42.5 Å². The average Bonchev–Trinajstić information content (AvgIpc) is 2.81. The zero-order valence-corrected chi connectivity index (χ0v) is 20.0. The Labute approximate surface area is 194 Å². The average molecular weight is 440 g/mol. The third-order valence-corrected chi connectivity index (χ3v) is 5.75. The first-order chi connectivity index (χ1) is 15.6. The maximum Gasteiger partial charge on any atom is 0.119 e. The van der Waals surface area contributed by atoms with E-state index in [1.54, 1.807) is 12.1 Å². The number of aromatic carboxylic acids is 1. The van der Waals surface area contributed by atoms with Gasteiger partial charge in [-0.1, -0.05) is 83.6 Å². The van der Waals surface area contributed by atoms with Gasteiger partial charge in [0.2, 0.25) is 0 Å². The fourth-order valence-electron chi connectivity index (χ4n) is 3.82. The lowest BCUT2D eigenvalue weighted by molar-refractivity contribution is -0.255. The third-order valence-electron chi connectivity index (χ3n) is 5.75. The molecule has 32 heavy (non-hydrogen) atoms. The largest absolute Gasteiger partial charge is 0.545 e. The Morgan fingerprint density at radius 3 is 2.19 bits per heavy atom.